The average Bonchev–Trinajstić information content (AvgIpc) is 2.77. The first kappa shape index (κ1) is 16.9. The number of nitrogens with one attached hydrogen (secondary N) is 1. The van der Waals surface area contributed by atoms with Crippen LogP contribution in [0.4, 0.5) is 0 Å². The van der Waals surface area contributed by atoms with Crippen LogP contribution in [0.2, 0.25) is 0 Å². The van der Waals surface area contributed by atoms with Crippen molar-refractivity contribution in [2.75, 3.05) is 0 Å². The first-order valence-electron chi connectivity index (χ1n) is 7.78. The Morgan fingerprint density at radius 1 is 1.16 bits per heavy atom. The number of amides is 4. The third-order valence-corrected chi connectivity index (χ3v) is 3.95. The van der Waals surface area contributed by atoms with Crippen LogP contribution in [0.25, 0.3) is 0 Å². The second-order valence-electron chi connectivity index (χ2n) is 6.52. The van der Waals surface area contributed by atoms with E-state index in [1.165, 1.54) is 26.0 Å². The molecule has 0 bridgehead atoms. The number of carbonyl (C=O) groups excluding carboxylic acids is 4. The summed E-state index contributed by atoms with van der Waals surface area (Å²) < 4.78 is 0. The highest BCUT2D eigenvalue weighted by Gasteiger charge is 2.44. The maximum Gasteiger partial charge on any atom is 0.262 e. The van der Waals surface area contributed by atoms with E-state index in [1.807, 2.05) is 0 Å². The van der Waals surface area contributed by atoms with E-state index in [0.29, 0.717) is 5.56 Å². The van der Waals surface area contributed by atoms with Gasteiger partial charge in [-0.05, 0) is 38.5 Å². The van der Waals surface area contributed by atoms with Gasteiger partial charge in [-0.2, -0.15) is 0 Å². The van der Waals surface area contributed by atoms with Crippen LogP contribution in [0, 0.1) is 11.8 Å². The van der Waals surface area contributed by atoms with E-state index in [-0.39, 0.29) is 24.0 Å². The van der Waals surface area contributed by atoms with Crippen LogP contribution < -0.4 is 5.32 Å². The Morgan fingerprint density at radius 3 is 2.48 bits per heavy atom. The number of nitrogens with zero attached hydrogens (tertiary/aromatic N) is 1. The molecule has 1 atom stereocenters. The number of aliphatic hydroxyl groups is 1. The van der Waals surface area contributed by atoms with Gasteiger partial charge in [-0.3, -0.25) is 29.4 Å². The second kappa shape index (κ2) is 5.83. The predicted molar refractivity (Wildman–Crippen MR) is 86.3 cm³/mol. The maximum absolute atomic E-state index is 12.6. The first-order valence-corrected chi connectivity index (χ1v) is 7.78. The predicted octanol–water partition coefficient (Wildman–Crippen LogP) is 0.210. The lowest BCUT2D eigenvalue weighted by Crippen LogP contribution is -2.54. The molecule has 0 saturated carbocycles. The molecular weight excluding hydrogens is 324 g/mol. The van der Waals surface area contributed by atoms with E-state index in [2.05, 4.69) is 17.2 Å². The number of benzene rings is 1. The molecule has 0 aromatic heterocycles. The van der Waals surface area contributed by atoms with E-state index >= 15 is 0 Å². The number of fused-ring (bicyclic) bond motifs is 1. The number of carbonyl (C=O) groups is 4. The van der Waals surface area contributed by atoms with Crippen LogP contribution in [0.15, 0.2) is 18.2 Å². The fourth-order valence-electron chi connectivity index (χ4n) is 2.77. The zero-order valence-electron chi connectivity index (χ0n) is 13.8. The molecule has 1 saturated heterocycles. The van der Waals surface area contributed by atoms with Gasteiger partial charge in [0.2, 0.25) is 11.8 Å². The van der Waals surface area contributed by atoms with Crippen molar-refractivity contribution in [3.8, 4) is 11.8 Å². The van der Waals surface area contributed by atoms with Crippen molar-refractivity contribution >= 4 is 23.6 Å². The summed E-state index contributed by atoms with van der Waals surface area (Å²) in [5, 5.41) is 11.8. The molecule has 0 aliphatic carbocycles. The van der Waals surface area contributed by atoms with Gasteiger partial charge >= 0.3 is 0 Å². The van der Waals surface area contributed by atoms with Crippen molar-refractivity contribution in [1.82, 2.24) is 10.2 Å². The maximum atomic E-state index is 12.6. The van der Waals surface area contributed by atoms with Crippen LogP contribution in [-0.2, 0) is 9.59 Å². The molecule has 1 fully saturated rings. The van der Waals surface area contributed by atoms with E-state index in [1.54, 1.807) is 6.07 Å². The zero-order valence-corrected chi connectivity index (χ0v) is 13.8. The summed E-state index contributed by atoms with van der Waals surface area (Å²) in [4.78, 5) is 49.3. The highest BCUT2D eigenvalue weighted by atomic mass is 16.3. The molecular formula is C18H16N2O5. The van der Waals surface area contributed by atoms with E-state index in [9.17, 15) is 24.3 Å². The van der Waals surface area contributed by atoms with E-state index < -0.39 is 35.3 Å². The summed E-state index contributed by atoms with van der Waals surface area (Å²) in [6, 6.07) is 3.54. The third-order valence-electron chi connectivity index (χ3n) is 3.95. The second-order valence-corrected chi connectivity index (χ2v) is 6.52. The van der Waals surface area contributed by atoms with Crippen molar-refractivity contribution in [1.29, 1.82) is 0 Å². The van der Waals surface area contributed by atoms with Gasteiger partial charge in [-0.15, -0.1) is 0 Å². The Balaban J connectivity index is 1.93. The van der Waals surface area contributed by atoms with Gasteiger partial charge in [0.25, 0.3) is 11.8 Å². The molecule has 7 nitrogen and oxygen atoms in total. The fraction of sp³-hybridized carbons (Fsp3) is 0.333. The monoisotopic (exact) mass is 340 g/mol. The molecule has 2 heterocycles. The molecule has 2 aliphatic rings. The standard InChI is InChI=1S/C18H16N2O5/c1-18(2,25)8-7-10-3-4-11-12(9-10)17(24)20(16(11)23)13-5-6-14(21)19-15(13)22/h3-4,9,13,25H,5-6H2,1-2H3,(H,19,21,22). The average molecular weight is 340 g/mol. The molecule has 2 aliphatic heterocycles. The quantitative estimate of drug-likeness (QED) is 0.562. The van der Waals surface area contributed by atoms with Gasteiger partial charge in [-0.25, -0.2) is 0 Å². The van der Waals surface area contributed by atoms with E-state index in [0.717, 1.165) is 4.90 Å². The number of imide groups is 2. The summed E-state index contributed by atoms with van der Waals surface area (Å²) in [6.45, 7) is 3.07. The molecule has 1 unspecified atom stereocenters. The molecule has 0 spiro atoms. The van der Waals surface area contributed by atoms with Crippen LogP contribution in [-0.4, -0.2) is 45.3 Å². The van der Waals surface area contributed by atoms with Gasteiger partial charge < -0.3 is 5.11 Å². The molecule has 0 radical (unpaired) electrons. The minimum Gasteiger partial charge on any atom is -0.378 e. The zero-order chi connectivity index (χ0) is 18.4. The molecule has 25 heavy (non-hydrogen) atoms. The van der Waals surface area contributed by atoms with Gasteiger partial charge in [0, 0.05) is 12.0 Å². The van der Waals surface area contributed by atoms with Crippen molar-refractivity contribution in [2.24, 2.45) is 0 Å². The summed E-state index contributed by atoms with van der Waals surface area (Å²) >= 11 is 0. The molecule has 2 N–H and O–H groups in total. The fourth-order valence-corrected chi connectivity index (χ4v) is 2.77. The van der Waals surface area contributed by atoms with Gasteiger partial charge in [0.15, 0.2) is 0 Å². The SMILES string of the molecule is CC(C)(O)C#Cc1ccc2c(c1)C(=O)N(C1CCC(=O)NC1=O)C2=O. The largest absolute Gasteiger partial charge is 0.378 e. The van der Waals surface area contributed by atoms with E-state index in [4.69, 9.17) is 0 Å². The summed E-state index contributed by atoms with van der Waals surface area (Å²) in [6.07, 6.45) is 0.188. The van der Waals surface area contributed by atoms with Gasteiger partial charge in [0.1, 0.15) is 11.6 Å². The van der Waals surface area contributed by atoms with Crippen LogP contribution >= 0.6 is 0 Å². The smallest absolute Gasteiger partial charge is 0.262 e. The van der Waals surface area contributed by atoms with Crippen LogP contribution in [0.1, 0.15) is 53.0 Å². The van der Waals surface area contributed by atoms with Gasteiger partial charge in [0.05, 0.1) is 11.1 Å². The Hall–Kier alpha value is -2.98. The molecule has 1 aromatic rings. The van der Waals surface area contributed by atoms with Crippen molar-refractivity contribution in [2.45, 2.75) is 38.3 Å². The number of hydrogen-bond acceptors (Lipinski definition) is 5. The Bertz CT molecular complexity index is 870. The molecule has 7 heteroatoms. The minimum atomic E-state index is -1.18. The highest BCUT2D eigenvalue weighted by molar-refractivity contribution is 6.23. The lowest BCUT2D eigenvalue weighted by molar-refractivity contribution is -0.136. The molecule has 4 amide bonds. The topological polar surface area (TPSA) is 104 Å². The Labute approximate surface area is 144 Å². The third kappa shape index (κ3) is 3.16. The van der Waals surface area contributed by atoms with Crippen molar-refractivity contribution in [3.05, 3.63) is 34.9 Å². The Morgan fingerprint density at radius 2 is 1.84 bits per heavy atom. The normalized spacial score (nSPS) is 20.1. The van der Waals surface area contributed by atoms with Crippen molar-refractivity contribution < 1.29 is 24.3 Å². The van der Waals surface area contributed by atoms with Crippen molar-refractivity contribution in [3.63, 3.8) is 0 Å². The van der Waals surface area contributed by atoms with Crippen LogP contribution in [0.3, 0.4) is 0 Å². The van der Waals surface area contributed by atoms with Gasteiger partial charge in [-0.1, -0.05) is 11.8 Å². The lowest BCUT2D eigenvalue weighted by Gasteiger charge is -2.27. The first-order chi connectivity index (χ1) is 11.7. The lowest BCUT2D eigenvalue weighted by atomic mass is 10.0. The molecule has 128 valence electrons. The highest BCUT2D eigenvalue weighted by Crippen LogP contribution is 2.28. The minimum absolute atomic E-state index is 0.0755. The molecule has 1 aromatic carbocycles. The Kier molecular flexibility index (Phi) is 3.93. The summed E-state index contributed by atoms with van der Waals surface area (Å²) in [5.74, 6) is 3.19. The number of rotatable bonds is 1. The van der Waals surface area contributed by atoms with Crippen LogP contribution in [0.5, 0.6) is 0 Å². The molecule has 3 rings (SSSR count). The summed E-state index contributed by atoms with van der Waals surface area (Å²) in [5.41, 5.74) is -0.342. The number of hydrogen-bond donors (Lipinski definition) is 2. The summed E-state index contributed by atoms with van der Waals surface area (Å²) in [7, 11) is 0. The number of piperidine rings is 1.